The number of aryl methyl sites for hydroxylation is 1. The number of nitrogens with zero attached hydrogens (tertiary/aromatic N) is 2. The van der Waals surface area contributed by atoms with Gasteiger partial charge in [0, 0.05) is 12.4 Å². The smallest absolute Gasteiger partial charge is 0.0892 e. The van der Waals surface area contributed by atoms with Crippen LogP contribution in [0, 0.1) is 6.92 Å². The fourth-order valence-electron chi connectivity index (χ4n) is 2.14. The summed E-state index contributed by atoms with van der Waals surface area (Å²) in [5, 5.41) is 8.72. The third-order valence-corrected chi connectivity index (χ3v) is 3.61. The zero-order chi connectivity index (χ0) is 17.4. The Balaban J connectivity index is 0.000000198. The van der Waals surface area contributed by atoms with Gasteiger partial charge in [0.05, 0.1) is 18.0 Å². The quantitative estimate of drug-likeness (QED) is 0.763. The first-order valence-electron chi connectivity index (χ1n) is 7.80. The minimum Gasteiger partial charge on any atom is -0.392 e. The maximum Gasteiger partial charge on any atom is 0.0892 e. The molecule has 0 aliphatic heterocycles. The second kappa shape index (κ2) is 8.75. The fraction of sp³-hybridized carbons (Fsp3) is 0.143. The van der Waals surface area contributed by atoms with Crippen LogP contribution in [0.1, 0.15) is 23.6 Å². The summed E-state index contributed by atoms with van der Waals surface area (Å²) < 4.78 is 0. The Morgan fingerprint density at radius 3 is 2.25 bits per heavy atom. The van der Waals surface area contributed by atoms with Gasteiger partial charge in [-0.1, -0.05) is 42.5 Å². The monoisotopic (exact) mass is 318 g/mol. The standard InChI is InChI=1S/C13H12N2.C8H10O/c1-10(2)11-6-8-15-13(9-11)12-5-3-4-7-14-12;1-7-4-2-3-5-8(7)6-9/h3-9H,1H2,2H3;2-5,9H,6H2,1H3. The van der Waals surface area contributed by atoms with Crippen molar-refractivity contribution >= 4 is 5.57 Å². The van der Waals surface area contributed by atoms with E-state index in [4.69, 9.17) is 5.11 Å². The Hall–Kier alpha value is -2.78. The molecule has 0 fully saturated rings. The van der Waals surface area contributed by atoms with Crippen molar-refractivity contribution in [2.45, 2.75) is 20.5 Å². The molecule has 0 amide bonds. The van der Waals surface area contributed by atoms with Crippen molar-refractivity contribution in [2.75, 3.05) is 0 Å². The summed E-state index contributed by atoms with van der Waals surface area (Å²) in [5.41, 5.74) is 6.08. The maximum atomic E-state index is 8.72. The highest BCUT2D eigenvalue weighted by molar-refractivity contribution is 5.66. The second-order valence-corrected chi connectivity index (χ2v) is 5.51. The predicted molar refractivity (Wildman–Crippen MR) is 99.3 cm³/mol. The molecule has 0 unspecified atom stereocenters. The summed E-state index contributed by atoms with van der Waals surface area (Å²) in [7, 11) is 0. The van der Waals surface area contributed by atoms with Crippen molar-refractivity contribution in [3.8, 4) is 11.4 Å². The highest BCUT2D eigenvalue weighted by Gasteiger charge is 2.01. The summed E-state index contributed by atoms with van der Waals surface area (Å²) in [4.78, 5) is 8.55. The van der Waals surface area contributed by atoms with Crippen LogP contribution in [-0.2, 0) is 6.61 Å². The van der Waals surface area contributed by atoms with Crippen molar-refractivity contribution in [1.82, 2.24) is 9.97 Å². The molecule has 3 heteroatoms. The molecule has 122 valence electrons. The molecule has 2 aromatic heterocycles. The Labute approximate surface area is 143 Å². The Kier molecular flexibility index (Phi) is 6.41. The van der Waals surface area contributed by atoms with E-state index in [-0.39, 0.29) is 6.61 Å². The maximum absolute atomic E-state index is 8.72. The molecule has 0 saturated heterocycles. The molecular formula is C21H22N2O. The molecule has 1 N–H and O–H groups in total. The van der Waals surface area contributed by atoms with E-state index in [1.54, 1.807) is 12.4 Å². The van der Waals surface area contributed by atoms with Crippen molar-refractivity contribution < 1.29 is 5.11 Å². The van der Waals surface area contributed by atoms with Gasteiger partial charge in [0.15, 0.2) is 0 Å². The van der Waals surface area contributed by atoms with Gasteiger partial charge in [-0.05, 0) is 54.8 Å². The number of hydrogen-bond acceptors (Lipinski definition) is 3. The zero-order valence-electron chi connectivity index (χ0n) is 14.1. The second-order valence-electron chi connectivity index (χ2n) is 5.51. The Morgan fingerprint density at radius 2 is 1.67 bits per heavy atom. The first kappa shape index (κ1) is 17.6. The van der Waals surface area contributed by atoms with E-state index < -0.39 is 0 Å². The summed E-state index contributed by atoms with van der Waals surface area (Å²) in [6.45, 7) is 8.03. The highest BCUT2D eigenvalue weighted by Crippen LogP contribution is 2.18. The van der Waals surface area contributed by atoms with Crippen LogP contribution in [0.5, 0.6) is 0 Å². The van der Waals surface area contributed by atoms with E-state index in [2.05, 4.69) is 16.5 Å². The third-order valence-electron chi connectivity index (χ3n) is 3.61. The number of rotatable bonds is 3. The molecular weight excluding hydrogens is 296 g/mol. The molecule has 0 radical (unpaired) electrons. The van der Waals surface area contributed by atoms with Gasteiger partial charge < -0.3 is 5.11 Å². The largest absolute Gasteiger partial charge is 0.392 e. The van der Waals surface area contributed by atoms with E-state index >= 15 is 0 Å². The van der Waals surface area contributed by atoms with Gasteiger partial charge in [-0.25, -0.2) is 0 Å². The van der Waals surface area contributed by atoms with Crippen LogP contribution in [0.15, 0.2) is 73.6 Å². The lowest BCUT2D eigenvalue weighted by molar-refractivity contribution is 0.281. The average Bonchev–Trinajstić information content (AvgIpc) is 2.63. The Bertz CT molecular complexity index is 798. The van der Waals surface area contributed by atoms with E-state index in [1.165, 1.54) is 0 Å². The van der Waals surface area contributed by atoms with Gasteiger partial charge >= 0.3 is 0 Å². The molecule has 3 nitrogen and oxygen atoms in total. The first-order chi connectivity index (χ1) is 11.6. The normalized spacial score (nSPS) is 9.79. The molecule has 3 aromatic rings. The number of hydrogen-bond donors (Lipinski definition) is 1. The van der Waals surface area contributed by atoms with Crippen LogP contribution in [0.2, 0.25) is 0 Å². The summed E-state index contributed by atoms with van der Waals surface area (Å²) in [5.74, 6) is 0. The van der Waals surface area contributed by atoms with E-state index in [0.29, 0.717) is 0 Å². The van der Waals surface area contributed by atoms with Gasteiger partial charge in [-0.3, -0.25) is 9.97 Å². The number of aliphatic hydroxyl groups is 1. The molecule has 24 heavy (non-hydrogen) atoms. The minimum absolute atomic E-state index is 0.146. The van der Waals surface area contributed by atoms with Gasteiger partial charge in [0.2, 0.25) is 0 Å². The third kappa shape index (κ3) is 4.86. The van der Waals surface area contributed by atoms with E-state index in [9.17, 15) is 0 Å². The molecule has 0 saturated carbocycles. The van der Waals surface area contributed by atoms with Crippen LogP contribution in [-0.4, -0.2) is 15.1 Å². The minimum atomic E-state index is 0.146. The molecule has 0 bridgehead atoms. The van der Waals surface area contributed by atoms with E-state index in [1.807, 2.05) is 68.4 Å². The number of allylic oxidation sites excluding steroid dienone is 1. The van der Waals surface area contributed by atoms with Crippen molar-refractivity contribution in [2.24, 2.45) is 0 Å². The van der Waals surface area contributed by atoms with Crippen LogP contribution in [0.25, 0.3) is 17.0 Å². The van der Waals surface area contributed by atoms with E-state index in [0.717, 1.165) is 33.7 Å². The lowest BCUT2D eigenvalue weighted by atomic mass is 10.1. The van der Waals surface area contributed by atoms with Gasteiger partial charge in [-0.2, -0.15) is 0 Å². The Morgan fingerprint density at radius 1 is 0.958 bits per heavy atom. The van der Waals surface area contributed by atoms with Crippen molar-refractivity contribution in [3.05, 3.63) is 90.3 Å². The van der Waals surface area contributed by atoms with Crippen molar-refractivity contribution in [3.63, 3.8) is 0 Å². The van der Waals surface area contributed by atoms with Gasteiger partial charge in [0.25, 0.3) is 0 Å². The van der Waals surface area contributed by atoms with Crippen LogP contribution in [0.4, 0.5) is 0 Å². The summed E-state index contributed by atoms with van der Waals surface area (Å²) in [6.07, 6.45) is 3.55. The highest BCUT2D eigenvalue weighted by atomic mass is 16.3. The predicted octanol–water partition coefficient (Wildman–Crippen LogP) is 4.66. The summed E-state index contributed by atoms with van der Waals surface area (Å²) >= 11 is 0. The number of aromatic nitrogens is 2. The zero-order valence-corrected chi connectivity index (χ0v) is 14.1. The molecule has 0 aliphatic rings. The van der Waals surface area contributed by atoms with Crippen LogP contribution < -0.4 is 0 Å². The van der Waals surface area contributed by atoms with Crippen LogP contribution in [0.3, 0.4) is 0 Å². The van der Waals surface area contributed by atoms with Crippen LogP contribution >= 0.6 is 0 Å². The number of benzene rings is 1. The molecule has 2 heterocycles. The fourth-order valence-corrected chi connectivity index (χ4v) is 2.14. The molecule has 0 spiro atoms. The molecule has 3 rings (SSSR count). The summed E-state index contributed by atoms with van der Waals surface area (Å²) in [6, 6.07) is 17.6. The molecule has 0 atom stereocenters. The number of aliphatic hydroxyl groups excluding tert-OH is 1. The van der Waals surface area contributed by atoms with Gasteiger partial charge in [0.1, 0.15) is 0 Å². The molecule has 1 aromatic carbocycles. The SMILES string of the molecule is C=C(C)c1ccnc(-c2ccccn2)c1.Cc1ccccc1CO. The molecule has 0 aliphatic carbocycles. The average molecular weight is 318 g/mol. The lowest BCUT2D eigenvalue weighted by Gasteiger charge is -2.02. The lowest BCUT2D eigenvalue weighted by Crippen LogP contribution is -1.88. The van der Waals surface area contributed by atoms with Gasteiger partial charge in [-0.15, -0.1) is 0 Å². The topological polar surface area (TPSA) is 46.0 Å². The first-order valence-corrected chi connectivity index (χ1v) is 7.80. The number of pyridine rings is 2. The van der Waals surface area contributed by atoms with Crippen molar-refractivity contribution in [1.29, 1.82) is 0 Å².